The summed E-state index contributed by atoms with van der Waals surface area (Å²) in [5, 5.41) is 3.13. The molecule has 0 unspecified atom stereocenters. The maximum atomic E-state index is 12.4. The number of amides is 1. The lowest BCUT2D eigenvalue weighted by Gasteiger charge is -2.13. The number of benzene rings is 2. The molecule has 0 aromatic heterocycles. The average molecular weight is 277 g/mol. The van der Waals surface area contributed by atoms with E-state index >= 15 is 0 Å². The third kappa shape index (κ3) is 2.25. The monoisotopic (exact) mass is 277 g/mol. The first-order chi connectivity index (χ1) is 10.2. The molecule has 2 nitrogen and oxygen atoms in total. The molecule has 0 saturated heterocycles. The van der Waals surface area contributed by atoms with Crippen LogP contribution in [0, 0.1) is 5.92 Å². The summed E-state index contributed by atoms with van der Waals surface area (Å²) in [4.78, 5) is 12.4. The molecule has 2 aliphatic carbocycles. The van der Waals surface area contributed by atoms with Crippen molar-refractivity contribution in [1.82, 2.24) is 5.32 Å². The van der Waals surface area contributed by atoms with Crippen LogP contribution in [0.1, 0.15) is 41.3 Å². The zero-order valence-corrected chi connectivity index (χ0v) is 12.2. The summed E-state index contributed by atoms with van der Waals surface area (Å²) in [6.45, 7) is 2.11. The molecule has 2 aromatic carbocycles. The number of carbonyl (C=O) groups is 1. The second-order valence-electron chi connectivity index (χ2n) is 6.31. The minimum Gasteiger partial charge on any atom is -0.349 e. The number of rotatable bonds is 3. The van der Waals surface area contributed by atoms with E-state index in [0.29, 0.717) is 5.92 Å². The summed E-state index contributed by atoms with van der Waals surface area (Å²) in [6, 6.07) is 14.9. The molecule has 21 heavy (non-hydrogen) atoms. The smallest absolute Gasteiger partial charge is 0.251 e. The fourth-order valence-electron chi connectivity index (χ4n) is 3.27. The molecule has 0 bridgehead atoms. The highest BCUT2D eigenvalue weighted by Gasteiger charge is 2.29. The Hall–Kier alpha value is -2.09. The fourth-order valence-corrected chi connectivity index (χ4v) is 3.27. The summed E-state index contributed by atoms with van der Waals surface area (Å²) in [7, 11) is 0. The van der Waals surface area contributed by atoms with Crippen molar-refractivity contribution in [1.29, 1.82) is 0 Å². The highest BCUT2D eigenvalue weighted by atomic mass is 16.1. The Balaban J connectivity index is 1.63. The van der Waals surface area contributed by atoms with E-state index in [0.717, 1.165) is 12.0 Å². The molecule has 1 fully saturated rings. The normalized spacial score (nSPS) is 17.0. The first-order valence-corrected chi connectivity index (χ1v) is 7.74. The van der Waals surface area contributed by atoms with Crippen LogP contribution in [0.2, 0.25) is 0 Å². The molecule has 0 radical (unpaired) electrons. The van der Waals surface area contributed by atoms with Crippen molar-refractivity contribution in [3.8, 4) is 11.1 Å². The maximum Gasteiger partial charge on any atom is 0.251 e. The van der Waals surface area contributed by atoms with Crippen molar-refractivity contribution in [3.05, 3.63) is 59.2 Å². The van der Waals surface area contributed by atoms with E-state index in [4.69, 9.17) is 0 Å². The topological polar surface area (TPSA) is 29.1 Å². The Bertz CT molecular complexity index is 715. The molecule has 1 atom stereocenters. The van der Waals surface area contributed by atoms with Crippen LogP contribution in [0.4, 0.5) is 0 Å². The van der Waals surface area contributed by atoms with Crippen LogP contribution in [0.5, 0.6) is 0 Å². The van der Waals surface area contributed by atoms with Crippen molar-refractivity contribution in [2.75, 3.05) is 0 Å². The van der Waals surface area contributed by atoms with Gasteiger partial charge in [-0.1, -0.05) is 30.3 Å². The first-order valence-electron chi connectivity index (χ1n) is 7.74. The van der Waals surface area contributed by atoms with Gasteiger partial charge < -0.3 is 5.32 Å². The highest BCUT2D eigenvalue weighted by Crippen LogP contribution is 2.37. The van der Waals surface area contributed by atoms with E-state index in [1.165, 1.54) is 35.1 Å². The van der Waals surface area contributed by atoms with Gasteiger partial charge in [0, 0.05) is 11.6 Å². The van der Waals surface area contributed by atoms with Crippen LogP contribution < -0.4 is 5.32 Å². The van der Waals surface area contributed by atoms with Crippen molar-refractivity contribution < 1.29 is 4.79 Å². The van der Waals surface area contributed by atoms with Gasteiger partial charge in [0.25, 0.3) is 5.91 Å². The quantitative estimate of drug-likeness (QED) is 0.775. The Kier molecular flexibility index (Phi) is 2.85. The van der Waals surface area contributed by atoms with Crippen LogP contribution in [0.15, 0.2) is 42.5 Å². The molecule has 2 aromatic rings. The van der Waals surface area contributed by atoms with Gasteiger partial charge in [0.05, 0.1) is 0 Å². The lowest BCUT2D eigenvalue weighted by atomic mass is 10.0. The number of hydrogen-bond acceptors (Lipinski definition) is 1. The van der Waals surface area contributed by atoms with Crippen LogP contribution in [-0.2, 0) is 6.42 Å². The van der Waals surface area contributed by atoms with Crippen molar-refractivity contribution in [2.24, 2.45) is 5.92 Å². The SMILES string of the molecule is C[C@H](NC(=O)c1ccc2c(c1)-c1ccccc1C2)C1CC1. The fraction of sp³-hybridized carbons (Fsp3) is 0.316. The number of carbonyl (C=O) groups excluding carboxylic acids is 1. The summed E-state index contributed by atoms with van der Waals surface area (Å²) < 4.78 is 0. The van der Waals surface area contributed by atoms with Gasteiger partial charge in [-0.2, -0.15) is 0 Å². The Morgan fingerprint density at radius 2 is 1.86 bits per heavy atom. The first kappa shape index (κ1) is 12.6. The van der Waals surface area contributed by atoms with Crippen LogP contribution in [-0.4, -0.2) is 11.9 Å². The summed E-state index contributed by atoms with van der Waals surface area (Å²) in [5.41, 5.74) is 5.95. The van der Waals surface area contributed by atoms with E-state index in [1.807, 2.05) is 6.07 Å². The maximum absolute atomic E-state index is 12.4. The second kappa shape index (κ2) is 4.73. The van der Waals surface area contributed by atoms with Gasteiger partial charge in [-0.05, 0) is 66.5 Å². The average Bonchev–Trinajstić information content (AvgIpc) is 3.28. The molecule has 2 aliphatic rings. The predicted octanol–water partition coefficient (Wildman–Crippen LogP) is 3.79. The predicted molar refractivity (Wildman–Crippen MR) is 84.3 cm³/mol. The molecular formula is C19H19NO. The second-order valence-corrected chi connectivity index (χ2v) is 6.31. The number of hydrogen-bond donors (Lipinski definition) is 1. The Labute approximate surface area is 125 Å². The standard InChI is InChI=1S/C19H19NO/c1-12(13-6-7-13)20-19(21)16-9-8-15-10-14-4-2-3-5-17(14)18(15)11-16/h2-5,8-9,11-13H,6-7,10H2,1H3,(H,20,21)/t12-/m0/s1. The van der Waals surface area contributed by atoms with Crippen molar-refractivity contribution in [2.45, 2.75) is 32.2 Å². The molecule has 0 spiro atoms. The molecular weight excluding hydrogens is 258 g/mol. The van der Waals surface area contributed by atoms with Crippen LogP contribution in [0.25, 0.3) is 11.1 Å². The van der Waals surface area contributed by atoms with Gasteiger partial charge >= 0.3 is 0 Å². The molecule has 0 aliphatic heterocycles. The lowest BCUT2D eigenvalue weighted by molar-refractivity contribution is 0.0936. The zero-order valence-electron chi connectivity index (χ0n) is 12.2. The van der Waals surface area contributed by atoms with Gasteiger partial charge in [0.15, 0.2) is 0 Å². The van der Waals surface area contributed by atoms with E-state index in [2.05, 4.69) is 48.6 Å². The Morgan fingerprint density at radius 1 is 1.10 bits per heavy atom. The van der Waals surface area contributed by atoms with E-state index in [-0.39, 0.29) is 11.9 Å². The minimum absolute atomic E-state index is 0.0570. The van der Waals surface area contributed by atoms with E-state index < -0.39 is 0 Å². The molecule has 0 heterocycles. The van der Waals surface area contributed by atoms with Gasteiger partial charge in [-0.15, -0.1) is 0 Å². The van der Waals surface area contributed by atoms with Gasteiger partial charge in [0.2, 0.25) is 0 Å². The zero-order chi connectivity index (χ0) is 14.4. The van der Waals surface area contributed by atoms with E-state index in [9.17, 15) is 4.79 Å². The lowest BCUT2D eigenvalue weighted by Crippen LogP contribution is -2.33. The highest BCUT2D eigenvalue weighted by molar-refractivity contribution is 5.96. The summed E-state index contributed by atoms with van der Waals surface area (Å²) in [5.74, 6) is 0.741. The summed E-state index contributed by atoms with van der Waals surface area (Å²) in [6.07, 6.45) is 3.48. The Morgan fingerprint density at radius 3 is 2.67 bits per heavy atom. The largest absolute Gasteiger partial charge is 0.349 e. The van der Waals surface area contributed by atoms with Gasteiger partial charge in [-0.25, -0.2) is 0 Å². The van der Waals surface area contributed by atoms with Crippen molar-refractivity contribution >= 4 is 5.91 Å². The molecule has 106 valence electrons. The summed E-state index contributed by atoms with van der Waals surface area (Å²) >= 11 is 0. The third-order valence-corrected chi connectivity index (χ3v) is 4.75. The van der Waals surface area contributed by atoms with Gasteiger partial charge in [-0.3, -0.25) is 4.79 Å². The number of nitrogens with one attached hydrogen (secondary N) is 1. The van der Waals surface area contributed by atoms with Crippen LogP contribution >= 0.6 is 0 Å². The third-order valence-electron chi connectivity index (χ3n) is 4.75. The van der Waals surface area contributed by atoms with Crippen LogP contribution in [0.3, 0.4) is 0 Å². The van der Waals surface area contributed by atoms with Gasteiger partial charge in [0.1, 0.15) is 0 Å². The molecule has 2 heteroatoms. The molecule has 1 saturated carbocycles. The van der Waals surface area contributed by atoms with Crippen molar-refractivity contribution in [3.63, 3.8) is 0 Å². The molecule has 1 amide bonds. The minimum atomic E-state index is 0.0570. The number of fused-ring (bicyclic) bond motifs is 3. The molecule has 4 rings (SSSR count). The molecule has 1 N–H and O–H groups in total. The van der Waals surface area contributed by atoms with E-state index in [1.54, 1.807) is 0 Å².